The molecule has 0 atom stereocenters. The van der Waals surface area contributed by atoms with E-state index in [2.05, 4.69) is 231 Å². The van der Waals surface area contributed by atoms with Crippen LogP contribution in [0.1, 0.15) is 25.0 Å². The summed E-state index contributed by atoms with van der Waals surface area (Å²) in [6.45, 7) is 4.72. The van der Waals surface area contributed by atoms with Gasteiger partial charge in [-0.3, -0.25) is 0 Å². The second kappa shape index (κ2) is 13.7. The fraction of sp³-hybridized carbons (Fsp3) is 0.0545. The molecule has 10 rings (SSSR count). The van der Waals surface area contributed by atoms with Gasteiger partial charge in [-0.15, -0.1) is 0 Å². The molecule has 1 heteroatoms. The van der Waals surface area contributed by atoms with Gasteiger partial charge in [0.2, 0.25) is 0 Å². The maximum absolute atomic E-state index is 2.38. The zero-order valence-electron chi connectivity index (χ0n) is 31.7. The van der Waals surface area contributed by atoms with Crippen molar-refractivity contribution in [3.05, 3.63) is 223 Å². The van der Waals surface area contributed by atoms with Crippen molar-refractivity contribution in [3.63, 3.8) is 0 Å². The second-order valence-electron chi connectivity index (χ2n) is 15.4. The van der Waals surface area contributed by atoms with Crippen LogP contribution >= 0.6 is 0 Å². The number of anilines is 3. The Morgan fingerprint density at radius 3 is 1.64 bits per heavy atom. The molecular weight excluding hydrogens is 675 g/mol. The predicted molar refractivity (Wildman–Crippen MR) is 238 cm³/mol. The molecule has 0 N–H and O–H groups in total. The van der Waals surface area contributed by atoms with E-state index >= 15 is 0 Å². The van der Waals surface area contributed by atoms with E-state index in [1.165, 1.54) is 77.5 Å². The monoisotopic (exact) mass is 715 g/mol. The molecule has 0 unspecified atom stereocenters. The molecule has 1 aliphatic rings. The second-order valence-corrected chi connectivity index (χ2v) is 15.4. The minimum Gasteiger partial charge on any atom is -0.310 e. The van der Waals surface area contributed by atoms with Gasteiger partial charge < -0.3 is 4.90 Å². The Bertz CT molecular complexity index is 2860. The van der Waals surface area contributed by atoms with Crippen molar-refractivity contribution in [3.8, 4) is 55.6 Å². The van der Waals surface area contributed by atoms with E-state index in [-0.39, 0.29) is 5.41 Å². The molecule has 0 amide bonds. The van der Waals surface area contributed by atoms with Crippen molar-refractivity contribution < 1.29 is 0 Å². The van der Waals surface area contributed by atoms with E-state index in [9.17, 15) is 0 Å². The van der Waals surface area contributed by atoms with Crippen LogP contribution in [-0.2, 0) is 5.41 Å². The Kier molecular flexibility index (Phi) is 8.23. The van der Waals surface area contributed by atoms with Crippen LogP contribution in [0.4, 0.5) is 17.1 Å². The topological polar surface area (TPSA) is 3.24 Å². The number of hydrogen-bond donors (Lipinski definition) is 0. The zero-order chi connectivity index (χ0) is 37.6. The summed E-state index contributed by atoms with van der Waals surface area (Å²) in [7, 11) is 0. The van der Waals surface area contributed by atoms with Gasteiger partial charge in [-0.1, -0.05) is 184 Å². The van der Waals surface area contributed by atoms with Crippen molar-refractivity contribution in [1.82, 2.24) is 0 Å². The van der Waals surface area contributed by atoms with Crippen LogP contribution in [-0.4, -0.2) is 0 Å². The summed E-state index contributed by atoms with van der Waals surface area (Å²) < 4.78 is 0. The molecule has 56 heavy (non-hydrogen) atoms. The van der Waals surface area contributed by atoms with E-state index < -0.39 is 0 Å². The van der Waals surface area contributed by atoms with E-state index in [1.807, 2.05) is 0 Å². The van der Waals surface area contributed by atoms with Crippen LogP contribution in [0.2, 0.25) is 0 Å². The van der Waals surface area contributed by atoms with E-state index in [0.29, 0.717) is 0 Å². The number of hydrogen-bond acceptors (Lipinski definition) is 1. The summed E-state index contributed by atoms with van der Waals surface area (Å²) >= 11 is 0. The molecule has 0 bridgehead atoms. The molecule has 0 fully saturated rings. The smallest absolute Gasteiger partial charge is 0.0467 e. The summed E-state index contributed by atoms with van der Waals surface area (Å²) in [5, 5.41) is 2.53. The van der Waals surface area contributed by atoms with Gasteiger partial charge in [-0.25, -0.2) is 0 Å². The van der Waals surface area contributed by atoms with Gasteiger partial charge >= 0.3 is 0 Å². The van der Waals surface area contributed by atoms with Crippen molar-refractivity contribution >= 4 is 27.8 Å². The lowest BCUT2D eigenvalue weighted by Crippen LogP contribution is -2.16. The van der Waals surface area contributed by atoms with Crippen LogP contribution in [0.25, 0.3) is 66.4 Å². The molecule has 0 radical (unpaired) electrons. The average molecular weight is 716 g/mol. The van der Waals surface area contributed by atoms with Gasteiger partial charge in [0.1, 0.15) is 0 Å². The SMILES string of the molecule is CC1(C)c2ccccc2-c2cccc(-c3ccc(N(c4ccc(-c5cccc(-c6cccc7ccccc67)c5)cc4)c4cccc(-c5ccccc5)c4)cc3)c21. The van der Waals surface area contributed by atoms with Gasteiger partial charge in [0.25, 0.3) is 0 Å². The zero-order valence-corrected chi connectivity index (χ0v) is 31.7. The quantitative estimate of drug-likeness (QED) is 0.159. The highest BCUT2D eigenvalue weighted by Crippen LogP contribution is 2.52. The lowest BCUT2D eigenvalue weighted by atomic mass is 9.79. The average Bonchev–Trinajstić information content (AvgIpc) is 3.50. The highest BCUT2D eigenvalue weighted by molar-refractivity contribution is 5.97. The van der Waals surface area contributed by atoms with Crippen molar-refractivity contribution in [2.75, 3.05) is 4.90 Å². The molecule has 266 valence electrons. The first kappa shape index (κ1) is 33.6. The third kappa shape index (κ3) is 5.81. The third-order valence-corrected chi connectivity index (χ3v) is 11.7. The highest BCUT2D eigenvalue weighted by atomic mass is 15.1. The summed E-state index contributed by atoms with van der Waals surface area (Å²) in [6, 6.07) is 77.5. The molecule has 0 aromatic heterocycles. The first-order valence-corrected chi connectivity index (χ1v) is 19.5. The molecule has 0 heterocycles. The van der Waals surface area contributed by atoms with Crippen LogP contribution in [0.5, 0.6) is 0 Å². The Morgan fingerprint density at radius 1 is 0.321 bits per heavy atom. The maximum atomic E-state index is 2.38. The molecule has 0 spiro atoms. The van der Waals surface area contributed by atoms with Crippen molar-refractivity contribution in [2.24, 2.45) is 0 Å². The molecule has 9 aromatic rings. The lowest BCUT2D eigenvalue weighted by molar-refractivity contribution is 0.662. The van der Waals surface area contributed by atoms with Gasteiger partial charge in [0.05, 0.1) is 0 Å². The van der Waals surface area contributed by atoms with Crippen LogP contribution in [0.15, 0.2) is 212 Å². The van der Waals surface area contributed by atoms with Crippen molar-refractivity contribution in [2.45, 2.75) is 19.3 Å². The summed E-state index contributed by atoms with van der Waals surface area (Å²) in [5.41, 5.74) is 18.5. The van der Waals surface area contributed by atoms with Crippen LogP contribution < -0.4 is 4.90 Å². The fourth-order valence-electron chi connectivity index (χ4n) is 8.93. The summed E-state index contributed by atoms with van der Waals surface area (Å²) in [5.74, 6) is 0. The van der Waals surface area contributed by atoms with E-state index in [4.69, 9.17) is 0 Å². The fourth-order valence-corrected chi connectivity index (χ4v) is 8.93. The predicted octanol–water partition coefficient (Wildman–Crippen LogP) is 15.3. The molecule has 0 saturated heterocycles. The lowest BCUT2D eigenvalue weighted by Gasteiger charge is -2.27. The first-order valence-electron chi connectivity index (χ1n) is 19.5. The molecule has 1 aliphatic carbocycles. The Morgan fingerprint density at radius 2 is 0.839 bits per heavy atom. The highest BCUT2D eigenvalue weighted by Gasteiger charge is 2.37. The molecule has 1 nitrogen and oxygen atoms in total. The minimum absolute atomic E-state index is 0.0821. The first-order chi connectivity index (χ1) is 27.5. The Balaban J connectivity index is 1.04. The van der Waals surface area contributed by atoms with Crippen molar-refractivity contribution in [1.29, 1.82) is 0 Å². The number of nitrogens with zero attached hydrogens (tertiary/aromatic N) is 1. The van der Waals surface area contributed by atoms with Gasteiger partial charge in [0, 0.05) is 22.5 Å². The molecule has 0 saturated carbocycles. The van der Waals surface area contributed by atoms with Gasteiger partial charge in [-0.2, -0.15) is 0 Å². The third-order valence-electron chi connectivity index (χ3n) is 11.7. The largest absolute Gasteiger partial charge is 0.310 e. The summed E-state index contributed by atoms with van der Waals surface area (Å²) in [6.07, 6.45) is 0. The standard InChI is InChI=1S/C55H41N/c1-55(2)53-27-9-8-23-51(53)52-26-13-25-50(54(52)55)41-30-34-46(35-31-41)56(47-21-11-19-43(37-47)38-14-4-3-5-15-38)45-32-28-39(29-33-45)42-18-10-20-44(36-42)49-24-12-17-40-16-6-7-22-48(40)49/h3-37H,1-2H3. The molecule has 9 aromatic carbocycles. The molecule has 0 aliphatic heterocycles. The van der Waals surface area contributed by atoms with E-state index in [0.717, 1.165) is 17.1 Å². The van der Waals surface area contributed by atoms with Crippen LogP contribution in [0.3, 0.4) is 0 Å². The number of rotatable bonds is 7. The van der Waals surface area contributed by atoms with Gasteiger partial charge in [0.15, 0.2) is 0 Å². The Labute approximate surface area is 329 Å². The molecular formula is C55H41N. The maximum Gasteiger partial charge on any atom is 0.0467 e. The Hall–Kier alpha value is -6.96. The minimum atomic E-state index is -0.0821. The number of fused-ring (bicyclic) bond motifs is 4. The summed E-state index contributed by atoms with van der Waals surface area (Å²) in [4.78, 5) is 2.38. The normalized spacial score (nSPS) is 12.6. The number of benzene rings is 9. The van der Waals surface area contributed by atoms with Crippen LogP contribution in [0, 0.1) is 0 Å². The van der Waals surface area contributed by atoms with Gasteiger partial charge in [-0.05, 0) is 120 Å². The van der Waals surface area contributed by atoms with E-state index in [1.54, 1.807) is 0 Å².